The van der Waals surface area contributed by atoms with Gasteiger partial charge in [0.15, 0.2) is 29.6 Å². The predicted octanol–water partition coefficient (Wildman–Crippen LogP) is -1.70. The molecule has 5 atom stereocenters. The Balaban J connectivity index is 1.66. The number of nitrogens with two attached hydrogens (primary N) is 1. The highest BCUT2D eigenvalue weighted by Gasteiger charge is 2.51. The van der Waals surface area contributed by atoms with Crippen LogP contribution < -0.4 is 5.73 Å². The van der Waals surface area contributed by atoms with Crippen LogP contribution in [0.4, 0.5) is 5.82 Å². The van der Waals surface area contributed by atoms with Crippen LogP contribution in [0.3, 0.4) is 0 Å². The molecule has 2 aliphatic heterocycles. The number of imidazole rings is 1. The van der Waals surface area contributed by atoms with E-state index in [1.165, 1.54) is 17.2 Å². The molecule has 2 aromatic rings. The fourth-order valence-corrected chi connectivity index (χ4v) is 3.11. The van der Waals surface area contributed by atoms with Crippen molar-refractivity contribution < 1.29 is 29.3 Å². The first-order valence-electron chi connectivity index (χ1n) is 7.64. The minimum absolute atomic E-state index is 0.00745. The van der Waals surface area contributed by atoms with Crippen molar-refractivity contribution in [3.63, 3.8) is 0 Å². The van der Waals surface area contributed by atoms with Crippen molar-refractivity contribution in [1.82, 2.24) is 19.5 Å². The lowest BCUT2D eigenvalue weighted by Crippen LogP contribution is -2.47. The molecule has 2 saturated heterocycles. The highest BCUT2D eigenvalue weighted by molar-refractivity contribution is 5.92. The smallest absolute Gasteiger partial charge is 0.307 e. The number of carbonyl (C=O) groups excluding carboxylic acids is 2. The Kier molecular flexibility index (Phi) is 3.63. The molecule has 4 N–H and O–H groups in total. The van der Waals surface area contributed by atoms with Gasteiger partial charge < -0.3 is 25.4 Å². The number of ketones is 1. The van der Waals surface area contributed by atoms with Gasteiger partial charge in [-0.3, -0.25) is 14.2 Å². The SMILES string of the molecule is Nc1ncnc2c1ncn2C1OC(C2OC(=O)CCC2=O)C(O)C1O. The minimum Gasteiger partial charge on any atom is -0.451 e. The molecular formula is C14H15N5O6. The fourth-order valence-electron chi connectivity index (χ4n) is 3.11. The first-order valence-corrected chi connectivity index (χ1v) is 7.64. The van der Waals surface area contributed by atoms with Gasteiger partial charge in [-0.2, -0.15) is 0 Å². The molecule has 0 bridgehead atoms. The third kappa shape index (κ3) is 2.44. The van der Waals surface area contributed by atoms with Gasteiger partial charge >= 0.3 is 5.97 Å². The number of rotatable bonds is 2. The number of aliphatic hydroxyl groups excluding tert-OH is 2. The zero-order valence-corrected chi connectivity index (χ0v) is 12.8. The van der Waals surface area contributed by atoms with Crippen molar-refractivity contribution in [2.45, 2.75) is 43.5 Å². The number of ether oxygens (including phenoxy) is 2. The van der Waals surface area contributed by atoms with E-state index < -0.39 is 36.6 Å². The van der Waals surface area contributed by atoms with Gasteiger partial charge in [0.05, 0.1) is 12.7 Å². The van der Waals surface area contributed by atoms with Gasteiger partial charge in [0.25, 0.3) is 0 Å². The predicted molar refractivity (Wildman–Crippen MR) is 79.8 cm³/mol. The van der Waals surface area contributed by atoms with Crippen LogP contribution in [0.5, 0.6) is 0 Å². The fraction of sp³-hybridized carbons (Fsp3) is 0.500. The summed E-state index contributed by atoms with van der Waals surface area (Å²) in [5.41, 5.74) is 6.34. The molecular weight excluding hydrogens is 334 g/mol. The number of aliphatic hydroxyl groups is 2. The molecule has 0 amide bonds. The molecule has 2 aliphatic rings. The number of Topliss-reactive ketones (excluding diaryl/α,β-unsaturated/α-hetero) is 1. The van der Waals surface area contributed by atoms with Crippen LogP contribution in [0.2, 0.25) is 0 Å². The molecule has 0 saturated carbocycles. The van der Waals surface area contributed by atoms with E-state index in [2.05, 4.69) is 15.0 Å². The molecule has 0 spiro atoms. The summed E-state index contributed by atoms with van der Waals surface area (Å²) in [6.45, 7) is 0. The molecule has 132 valence electrons. The normalized spacial score (nSPS) is 33.0. The van der Waals surface area contributed by atoms with Crippen molar-refractivity contribution in [3.8, 4) is 0 Å². The second kappa shape index (κ2) is 5.72. The van der Waals surface area contributed by atoms with Gasteiger partial charge in [0.2, 0.25) is 0 Å². The Morgan fingerprint density at radius 3 is 2.76 bits per heavy atom. The topological polar surface area (TPSA) is 163 Å². The summed E-state index contributed by atoms with van der Waals surface area (Å²) in [5.74, 6) is -0.754. The number of cyclic esters (lactones) is 1. The Hall–Kier alpha value is -2.63. The summed E-state index contributed by atoms with van der Waals surface area (Å²) in [6, 6.07) is 0. The minimum atomic E-state index is -1.43. The van der Waals surface area contributed by atoms with Crippen molar-refractivity contribution in [1.29, 1.82) is 0 Å². The lowest BCUT2D eigenvalue weighted by molar-refractivity contribution is -0.175. The Morgan fingerprint density at radius 2 is 1.96 bits per heavy atom. The first kappa shape index (κ1) is 15.9. The van der Waals surface area contributed by atoms with Gasteiger partial charge in [0, 0.05) is 6.42 Å². The van der Waals surface area contributed by atoms with Gasteiger partial charge in [0.1, 0.15) is 30.2 Å². The van der Waals surface area contributed by atoms with E-state index in [1.54, 1.807) is 0 Å². The number of nitrogen functional groups attached to an aromatic ring is 1. The number of hydrogen-bond donors (Lipinski definition) is 3. The van der Waals surface area contributed by atoms with Gasteiger partial charge in [-0.15, -0.1) is 0 Å². The van der Waals surface area contributed by atoms with Gasteiger partial charge in [-0.1, -0.05) is 0 Å². The maximum atomic E-state index is 12.0. The van der Waals surface area contributed by atoms with E-state index in [0.717, 1.165) is 0 Å². The largest absolute Gasteiger partial charge is 0.451 e. The molecule has 2 aromatic heterocycles. The molecule has 4 heterocycles. The van der Waals surface area contributed by atoms with Crippen molar-refractivity contribution in [2.75, 3.05) is 5.73 Å². The monoisotopic (exact) mass is 349 g/mol. The number of carbonyl (C=O) groups is 2. The summed E-state index contributed by atoms with van der Waals surface area (Å²) in [6.07, 6.45) is -3.76. The van der Waals surface area contributed by atoms with Crippen LogP contribution >= 0.6 is 0 Å². The average Bonchev–Trinajstić information content (AvgIpc) is 3.14. The average molecular weight is 349 g/mol. The molecule has 0 aliphatic carbocycles. The van der Waals surface area contributed by atoms with Crippen molar-refractivity contribution in [2.24, 2.45) is 0 Å². The molecule has 25 heavy (non-hydrogen) atoms. The van der Waals surface area contributed by atoms with Gasteiger partial charge in [-0.05, 0) is 0 Å². The van der Waals surface area contributed by atoms with E-state index in [0.29, 0.717) is 11.2 Å². The standard InChI is InChI=1S/C14H15N5O6/c15-12-7-13(17-3-16-12)19(4-18-7)14-9(23)8(22)11(25-14)10-5(20)1-2-6(21)24-10/h3-4,8-11,14,22-23H,1-2H2,(H2,15,16,17). The van der Waals surface area contributed by atoms with Gasteiger partial charge in [-0.25, -0.2) is 15.0 Å². The van der Waals surface area contributed by atoms with Crippen LogP contribution in [-0.4, -0.2) is 65.9 Å². The summed E-state index contributed by atoms with van der Waals surface area (Å²) in [5, 5.41) is 20.7. The molecule has 4 rings (SSSR count). The zero-order valence-electron chi connectivity index (χ0n) is 12.8. The molecule has 0 aromatic carbocycles. The lowest BCUT2D eigenvalue weighted by Gasteiger charge is -2.27. The number of nitrogens with zero attached hydrogens (tertiary/aromatic N) is 4. The number of fused-ring (bicyclic) bond motifs is 1. The maximum absolute atomic E-state index is 12.0. The Labute approximate surface area is 140 Å². The van der Waals surface area contributed by atoms with Crippen LogP contribution in [0, 0.1) is 0 Å². The molecule has 11 nitrogen and oxygen atoms in total. The third-order valence-corrected chi connectivity index (χ3v) is 4.39. The van der Waals surface area contributed by atoms with Crippen molar-refractivity contribution >= 4 is 28.7 Å². The number of aromatic nitrogens is 4. The van der Waals surface area contributed by atoms with E-state index in [9.17, 15) is 19.8 Å². The summed E-state index contributed by atoms with van der Waals surface area (Å²) in [7, 11) is 0. The van der Waals surface area contributed by atoms with E-state index >= 15 is 0 Å². The summed E-state index contributed by atoms with van der Waals surface area (Å²) in [4.78, 5) is 35.4. The number of hydrogen-bond acceptors (Lipinski definition) is 10. The van der Waals surface area contributed by atoms with Crippen LogP contribution in [0.1, 0.15) is 19.1 Å². The van der Waals surface area contributed by atoms with Crippen LogP contribution in [-0.2, 0) is 19.1 Å². The number of esters is 1. The molecule has 0 radical (unpaired) electrons. The van der Waals surface area contributed by atoms with Crippen molar-refractivity contribution in [3.05, 3.63) is 12.7 Å². The summed E-state index contributed by atoms with van der Waals surface area (Å²) < 4.78 is 12.1. The van der Waals surface area contributed by atoms with Crippen LogP contribution in [0.25, 0.3) is 11.2 Å². The highest BCUT2D eigenvalue weighted by atomic mass is 16.6. The second-order valence-electron chi connectivity index (χ2n) is 5.93. The van der Waals surface area contributed by atoms with E-state index in [4.69, 9.17) is 15.2 Å². The van der Waals surface area contributed by atoms with E-state index in [-0.39, 0.29) is 24.4 Å². The summed E-state index contributed by atoms with van der Waals surface area (Å²) >= 11 is 0. The highest BCUT2D eigenvalue weighted by Crippen LogP contribution is 2.35. The first-order chi connectivity index (χ1) is 12.0. The maximum Gasteiger partial charge on any atom is 0.307 e. The number of anilines is 1. The Bertz CT molecular complexity index is 853. The second-order valence-corrected chi connectivity index (χ2v) is 5.93. The zero-order chi connectivity index (χ0) is 17.7. The molecule has 2 fully saturated rings. The lowest BCUT2D eigenvalue weighted by atomic mass is 9.98. The molecule has 5 unspecified atom stereocenters. The third-order valence-electron chi connectivity index (χ3n) is 4.39. The van der Waals surface area contributed by atoms with Crippen LogP contribution in [0.15, 0.2) is 12.7 Å². The van der Waals surface area contributed by atoms with E-state index in [1.807, 2.05) is 0 Å². The quantitative estimate of drug-likeness (QED) is 0.533. The molecule has 11 heteroatoms. The Morgan fingerprint density at radius 1 is 1.16 bits per heavy atom.